The summed E-state index contributed by atoms with van der Waals surface area (Å²) in [5.74, 6) is -1.29. The van der Waals surface area contributed by atoms with Crippen LogP contribution >= 0.6 is 0 Å². The molecule has 1 saturated heterocycles. The number of nitrogens with zero attached hydrogens (tertiary/aromatic N) is 1. The lowest BCUT2D eigenvalue weighted by molar-refractivity contribution is -0.134. The van der Waals surface area contributed by atoms with E-state index in [-0.39, 0.29) is 18.3 Å². The van der Waals surface area contributed by atoms with Crippen LogP contribution in [0.3, 0.4) is 0 Å². The highest BCUT2D eigenvalue weighted by molar-refractivity contribution is 5.77. The standard InChI is InChI=1S/C19H19F2NO2/c20-16-6-7-18(17(21)12-16)24-13-19(23)22-10-8-15(9-11-22)14-4-2-1-3-5-14/h1-7,12,15H,8-11,13H2. The van der Waals surface area contributed by atoms with Crippen molar-refractivity contribution in [1.29, 1.82) is 0 Å². The van der Waals surface area contributed by atoms with Gasteiger partial charge in [-0.15, -0.1) is 0 Å². The SMILES string of the molecule is O=C(COc1ccc(F)cc1F)N1CCC(c2ccccc2)CC1. The number of carbonyl (C=O) groups is 1. The van der Waals surface area contributed by atoms with Crippen molar-refractivity contribution in [2.45, 2.75) is 18.8 Å². The highest BCUT2D eigenvalue weighted by atomic mass is 19.1. The fraction of sp³-hybridized carbons (Fsp3) is 0.316. The summed E-state index contributed by atoms with van der Waals surface area (Å²) in [6.07, 6.45) is 1.81. The van der Waals surface area contributed by atoms with Crippen LogP contribution in [0.5, 0.6) is 5.75 Å². The molecule has 0 aromatic heterocycles. The first-order valence-electron chi connectivity index (χ1n) is 8.04. The van der Waals surface area contributed by atoms with E-state index in [1.54, 1.807) is 4.90 Å². The summed E-state index contributed by atoms with van der Waals surface area (Å²) in [6.45, 7) is 1.08. The number of hydrogen-bond donors (Lipinski definition) is 0. The van der Waals surface area contributed by atoms with Gasteiger partial charge in [0.2, 0.25) is 0 Å². The zero-order valence-corrected chi connectivity index (χ0v) is 13.3. The fourth-order valence-electron chi connectivity index (χ4n) is 3.01. The minimum absolute atomic E-state index is 0.107. The highest BCUT2D eigenvalue weighted by Gasteiger charge is 2.24. The zero-order valence-electron chi connectivity index (χ0n) is 13.3. The number of rotatable bonds is 4. The lowest BCUT2D eigenvalue weighted by Crippen LogP contribution is -2.40. The van der Waals surface area contributed by atoms with Gasteiger partial charge in [0.05, 0.1) is 0 Å². The van der Waals surface area contributed by atoms with Crippen molar-refractivity contribution >= 4 is 5.91 Å². The molecule has 3 rings (SSSR count). The number of carbonyl (C=O) groups excluding carboxylic acids is 1. The highest BCUT2D eigenvalue weighted by Crippen LogP contribution is 2.27. The van der Waals surface area contributed by atoms with Crippen molar-refractivity contribution in [3.8, 4) is 5.75 Å². The summed E-state index contributed by atoms with van der Waals surface area (Å²) < 4.78 is 31.5. The van der Waals surface area contributed by atoms with Crippen LogP contribution < -0.4 is 4.74 Å². The van der Waals surface area contributed by atoms with E-state index in [0.29, 0.717) is 19.0 Å². The average Bonchev–Trinajstić information content (AvgIpc) is 2.62. The topological polar surface area (TPSA) is 29.5 Å². The Bertz CT molecular complexity index is 698. The largest absolute Gasteiger partial charge is 0.481 e. The van der Waals surface area contributed by atoms with Crippen LogP contribution in [-0.2, 0) is 4.79 Å². The van der Waals surface area contributed by atoms with E-state index in [2.05, 4.69) is 12.1 Å². The molecule has 1 aliphatic rings. The molecule has 0 bridgehead atoms. The smallest absolute Gasteiger partial charge is 0.260 e. The predicted octanol–water partition coefficient (Wildman–Crippen LogP) is 3.75. The maximum atomic E-state index is 13.5. The van der Waals surface area contributed by atoms with E-state index in [1.165, 1.54) is 11.6 Å². The molecule has 0 atom stereocenters. The van der Waals surface area contributed by atoms with Gasteiger partial charge in [-0.05, 0) is 36.5 Å². The minimum Gasteiger partial charge on any atom is -0.481 e. The van der Waals surface area contributed by atoms with E-state index in [0.717, 1.165) is 25.0 Å². The first kappa shape index (κ1) is 16.4. The number of piperidine rings is 1. The zero-order chi connectivity index (χ0) is 16.9. The van der Waals surface area contributed by atoms with Gasteiger partial charge in [0.1, 0.15) is 5.82 Å². The first-order valence-corrected chi connectivity index (χ1v) is 8.04. The summed E-state index contributed by atoms with van der Waals surface area (Å²) in [4.78, 5) is 13.9. The van der Waals surface area contributed by atoms with Crippen LogP contribution in [0.25, 0.3) is 0 Å². The summed E-state index contributed by atoms with van der Waals surface area (Å²) in [6, 6.07) is 13.3. The van der Waals surface area contributed by atoms with Crippen LogP contribution in [0.4, 0.5) is 8.78 Å². The van der Waals surface area contributed by atoms with Crippen molar-refractivity contribution < 1.29 is 18.3 Å². The molecule has 24 heavy (non-hydrogen) atoms. The molecule has 0 radical (unpaired) electrons. The van der Waals surface area contributed by atoms with Crippen molar-refractivity contribution in [2.75, 3.05) is 19.7 Å². The van der Waals surface area contributed by atoms with Crippen molar-refractivity contribution in [2.24, 2.45) is 0 Å². The number of halogens is 2. The first-order chi connectivity index (χ1) is 11.6. The summed E-state index contributed by atoms with van der Waals surface area (Å²) in [7, 11) is 0. The van der Waals surface area contributed by atoms with Gasteiger partial charge in [0.25, 0.3) is 5.91 Å². The molecule has 1 aliphatic heterocycles. The number of likely N-dealkylation sites (tertiary alicyclic amines) is 1. The molecule has 0 aliphatic carbocycles. The second-order valence-corrected chi connectivity index (χ2v) is 5.93. The monoisotopic (exact) mass is 331 g/mol. The normalized spacial score (nSPS) is 15.3. The minimum atomic E-state index is -0.800. The second kappa shape index (κ2) is 7.43. The summed E-state index contributed by atoms with van der Waals surface area (Å²) >= 11 is 0. The van der Waals surface area contributed by atoms with Crippen molar-refractivity contribution in [3.63, 3.8) is 0 Å². The number of hydrogen-bond acceptors (Lipinski definition) is 2. The van der Waals surface area contributed by atoms with Gasteiger partial charge in [-0.25, -0.2) is 8.78 Å². The third-order valence-electron chi connectivity index (χ3n) is 4.36. The lowest BCUT2D eigenvalue weighted by Gasteiger charge is -2.32. The molecule has 0 spiro atoms. The second-order valence-electron chi connectivity index (χ2n) is 5.93. The van der Waals surface area contributed by atoms with Crippen LogP contribution in [0, 0.1) is 11.6 Å². The quantitative estimate of drug-likeness (QED) is 0.854. The van der Waals surface area contributed by atoms with Gasteiger partial charge < -0.3 is 9.64 Å². The van der Waals surface area contributed by atoms with Crippen LogP contribution in [0.1, 0.15) is 24.3 Å². The van der Waals surface area contributed by atoms with Crippen LogP contribution in [-0.4, -0.2) is 30.5 Å². The van der Waals surface area contributed by atoms with Gasteiger partial charge >= 0.3 is 0 Å². The van der Waals surface area contributed by atoms with Gasteiger partial charge in [-0.2, -0.15) is 0 Å². The fourth-order valence-corrected chi connectivity index (χ4v) is 3.01. The van der Waals surface area contributed by atoms with Gasteiger partial charge in [-0.1, -0.05) is 30.3 Å². The molecule has 5 heteroatoms. The molecule has 1 amide bonds. The Kier molecular flexibility index (Phi) is 5.08. The number of benzene rings is 2. The van der Waals surface area contributed by atoms with E-state index >= 15 is 0 Å². The molecule has 1 heterocycles. The van der Waals surface area contributed by atoms with E-state index < -0.39 is 11.6 Å². The summed E-state index contributed by atoms with van der Waals surface area (Å²) in [5, 5.41) is 0. The molecule has 3 nitrogen and oxygen atoms in total. The molecular formula is C19H19F2NO2. The lowest BCUT2D eigenvalue weighted by atomic mass is 9.89. The molecular weight excluding hydrogens is 312 g/mol. The van der Waals surface area contributed by atoms with E-state index in [1.807, 2.05) is 18.2 Å². The predicted molar refractivity (Wildman–Crippen MR) is 86.9 cm³/mol. The molecule has 0 N–H and O–H groups in total. The Morgan fingerprint density at radius 1 is 1.08 bits per heavy atom. The van der Waals surface area contributed by atoms with Crippen molar-refractivity contribution in [3.05, 3.63) is 65.7 Å². The van der Waals surface area contributed by atoms with Gasteiger partial charge in [-0.3, -0.25) is 4.79 Å². The molecule has 0 saturated carbocycles. The van der Waals surface area contributed by atoms with E-state index in [4.69, 9.17) is 4.74 Å². The molecule has 1 fully saturated rings. The summed E-state index contributed by atoms with van der Waals surface area (Å²) in [5.41, 5.74) is 1.30. The Balaban J connectivity index is 1.50. The molecule has 2 aromatic carbocycles. The number of amides is 1. The Labute approximate surface area is 139 Å². The Morgan fingerprint density at radius 2 is 1.79 bits per heavy atom. The average molecular weight is 331 g/mol. The Hall–Kier alpha value is -2.43. The maximum absolute atomic E-state index is 13.5. The molecule has 2 aromatic rings. The molecule has 0 unspecified atom stereocenters. The third kappa shape index (κ3) is 3.91. The van der Waals surface area contributed by atoms with E-state index in [9.17, 15) is 13.6 Å². The van der Waals surface area contributed by atoms with Gasteiger partial charge in [0.15, 0.2) is 18.2 Å². The van der Waals surface area contributed by atoms with Gasteiger partial charge in [0, 0.05) is 19.2 Å². The third-order valence-corrected chi connectivity index (χ3v) is 4.36. The van der Waals surface area contributed by atoms with Crippen LogP contribution in [0.2, 0.25) is 0 Å². The van der Waals surface area contributed by atoms with Crippen molar-refractivity contribution in [1.82, 2.24) is 4.90 Å². The maximum Gasteiger partial charge on any atom is 0.260 e. The van der Waals surface area contributed by atoms with Crippen LogP contribution in [0.15, 0.2) is 48.5 Å². The number of ether oxygens (including phenoxy) is 1. The Morgan fingerprint density at radius 3 is 2.46 bits per heavy atom. The molecule has 126 valence electrons.